The minimum Gasteiger partial charge on any atom is -0.347 e. The second-order valence-corrected chi connectivity index (χ2v) is 8.09. The highest BCUT2D eigenvalue weighted by atomic mass is 35.5. The van der Waals surface area contributed by atoms with Crippen molar-refractivity contribution in [1.82, 2.24) is 9.99 Å². The van der Waals surface area contributed by atoms with Crippen LogP contribution in [0.3, 0.4) is 0 Å². The van der Waals surface area contributed by atoms with Crippen LogP contribution in [0.5, 0.6) is 0 Å². The van der Waals surface area contributed by atoms with E-state index in [-0.39, 0.29) is 12.3 Å². The number of hydrogen-bond donors (Lipinski definition) is 1. The van der Waals surface area contributed by atoms with Crippen molar-refractivity contribution in [2.24, 2.45) is 5.10 Å². The van der Waals surface area contributed by atoms with E-state index in [1.807, 2.05) is 42.6 Å². The fraction of sp³-hybridized carbons (Fsp3) is 0.273. The molecule has 2 aromatic carbocycles. The van der Waals surface area contributed by atoms with E-state index in [0.717, 1.165) is 22.0 Å². The first-order valence-electron chi connectivity index (χ1n) is 9.55. The van der Waals surface area contributed by atoms with Crippen LogP contribution in [0.2, 0.25) is 10.0 Å². The zero-order valence-electron chi connectivity index (χ0n) is 16.4. The van der Waals surface area contributed by atoms with Crippen molar-refractivity contribution in [3.8, 4) is 0 Å². The summed E-state index contributed by atoms with van der Waals surface area (Å²) in [7, 11) is 0. The molecule has 0 saturated carbocycles. The first kappa shape index (κ1) is 20.9. The monoisotopic (exact) mass is 445 g/mol. The summed E-state index contributed by atoms with van der Waals surface area (Å²) in [5.74, 6) is -1.15. The molecule has 1 amide bonds. The molecule has 1 aliphatic heterocycles. The number of nitrogens with zero attached hydrogens (tertiary/aromatic N) is 2. The molecule has 8 heteroatoms. The summed E-state index contributed by atoms with van der Waals surface area (Å²) in [4.78, 5) is 12.2. The van der Waals surface area contributed by atoms with Gasteiger partial charge in [0.1, 0.15) is 0 Å². The number of benzene rings is 2. The van der Waals surface area contributed by atoms with Crippen molar-refractivity contribution in [2.75, 3.05) is 13.2 Å². The van der Waals surface area contributed by atoms with Crippen LogP contribution in [0.15, 0.2) is 53.8 Å². The van der Waals surface area contributed by atoms with Gasteiger partial charge in [-0.3, -0.25) is 4.79 Å². The third kappa shape index (κ3) is 4.68. The number of rotatable bonds is 6. The molecule has 0 atom stereocenters. The Morgan fingerprint density at radius 2 is 1.97 bits per heavy atom. The summed E-state index contributed by atoms with van der Waals surface area (Å²) in [5.41, 5.74) is 5.53. The topological polar surface area (TPSA) is 64.9 Å². The predicted octanol–water partition coefficient (Wildman–Crippen LogP) is 4.60. The minimum absolute atomic E-state index is 0.0867. The molecule has 2 heterocycles. The maximum atomic E-state index is 12.2. The van der Waals surface area contributed by atoms with E-state index in [4.69, 9.17) is 32.7 Å². The van der Waals surface area contributed by atoms with Crippen molar-refractivity contribution in [2.45, 2.75) is 25.7 Å². The van der Waals surface area contributed by atoms with E-state index < -0.39 is 5.79 Å². The van der Waals surface area contributed by atoms with Crippen molar-refractivity contribution < 1.29 is 14.3 Å². The Hall–Kier alpha value is -2.38. The Morgan fingerprint density at radius 3 is 2.73 bits per heavy atom. The average molecular weight is 446 g/mol. The number of hydrazone groups is 1. The molecule has 1 aromatic heterocycles. The van der Waals surface area contributed by atoms with E-state index in [1.54, 1.807) is 19.2 Å². The Bertz CT molecular complexity index is 1100. The van der Waals surface area contributed by atoms with Crippen molar-refractivity contribution in [3.05, 3.63) is 69.8 Å². The fourth-order valence-corrected chi connectivity index (χ4v) is 3.83. The van der Waals surface area contributed by atoms with E-state index in [0.29, 0.717) is 29.8 Å². The lowest BCUT2D eigenvalue weighted by molar-refractivity contribution is -0.159. The number of carbonyl (C=O) groups excluding carboxylic acids is 1. The van der Waals surface area contributed by atoms with Crippen LogP contribution in [0.4, 0.5) is 0 Å². The van der Waals surface area contributed by atoms with Crippen molar-refractivity contribution >= 4 is 46.2 Å². The van der Waals surface area contributed by atoms with Crippen LogP contribution >= 0.6 is 23.2 Å². The Kier molecular flexibility index (Phi) is 6.11. The van der Waals surface area contributed by atoms with Gasteiger partial charge in [0.2, 0.25) is 5.91 Å². The van der Waals surface area contributed by atoms with Gasteiger partial charge in [0.15, 0.2) is 5.79 Å². The smallest absolute Gasteiger partial charge is 0.245 e. The summed E-state index contributed by atoms with van der Waals surface area (Å²) in [6.45, 7) is 3.36. The largest absolute Gasteiger partial charge is 0.347 e. The Balaban J connectivity index is 1.50. The quantitative estimate of drug-likeness (QED) is 0.445. The maximum absolute atomic E-state index is 12.2. The van der Waals surface area contributed by atoms with Gasteiger partial charge in [-0.15, -0.1) is 0 Å². The van der Waals surface area contributed by atoms with Gasteiger partial charge in [-0.05, 0) is 30.7 Å². The number of amides is 1. The highest BCUT2D eigenvalue weighted by Gasteiger charge is 2.33. The van der Waals surface area contributed by atoms with Gasteiger partial charge in [-0.1, -0.05) is 47.5 Å². The SMILES string of the molecule is CC1(CC(=O)NN=Cc2cn(Cc3ccc(Cl)c(Cl)c3)c3ccccc23)OCCO1. The third-order valence-electron chi connectivity index (χ3n) is 4.93. The van der Waals surface area contributed by atoms with Crippen LogP contribution in [0.25, 0.3) is 10.9 Å². The van der Waals surface area contributed by atoms with Gasteiger partial charge in [0.25, 0.3) is 0 Å². The van der Waals surface area contributed by atoms with Crippen LogP contribution in [-0.2, 0) is 20.8 Å². The molecule has 156 valence electrons. The van der Waals surface area contributed by atoms with Crippen molar-refractivity contribution in [3.63, 3.8) is 0 Å². The van der Waals surface area contributed by atoms with Gasteiger partial charge in [0.05, 0.1) is 35.9 Å². The van der Waals surface area contributed by atoms with Gasteiger partial charge in [-0.25, -0.2) is 5.43 Å². The Labute approximate surface area is 184 Å². The summed E-state index contributed by atoms with van der Waals surface area (Å²) < 4.78 is 13.0. The summed E-state index contributed by atoms with van der Waals surface area (Å²) in [6.07, 6.45) is 3.72. The van der Waals surface area contributed by atoms with Crippen molar-refractivity contribution in [1.29, 1.82) is 0 Å². The van der Waals surface area contributed by atoms with E-state index in [1.165, 1.54) is 0 Å². The van der Waals surface area contributed by atoms with Gasteiger partial charge < -0.3 is 14.0 Å². The normalized spacial score (nSPS) is 15.8. The number of hydrogen-bond acceptors (Lipinski definition) is 4. The molecule has 1 fully saturated rings. The molecule has 1 aliphatic rings. The molecule has 30 heavy (non-hydrogen) atoms. The van der Waals surface area contributed by atoms with Crippen LogP contribution in [-0.4, -0.2) is 35.7 Å². The standard InChI is InChI=1S/C22H21Cl2N3O3/c1-22(29-8-9-30-22)11-21(28)26-25-12-16-14-27(20-5-3-2-4-17(16)20)13-15-6-7-18(23)19(24)10-15/h2-7,10,12,14H,8-9,11,13H2,1H3,(H,26,28). The molecule has 0 aliphatic carbocycles. The molecule has 0 spiro atoms. The minimum atomic E-state index is -0.879. The number of ether oxygens (including phenoxy) is 2. The first-order chi connectivity index (χ1) is 14.4. The van der Waals surface area contributed by atoms with Gasteiger partial charge >= 0.3 is 0 Å². The fourth-order valence-electron chi connectivity index (χ4n) is 3.51. The van der Waals surface area contributed by atoms with Gasteiger partial charge in [-0.2, -0.15) is 5.10 Å². The number of aromatic nitrogens is 1. The highest BCUT2D eigenvalue weighted by Crippen LogP contribution is 2.26. The average Bonchev–Trinajstić information content (AvgIpc) is 3.29. The summed E-state index contributed by atoms with van der Waals surface area (Å²) in [6, 6.07) is 13.6. The van der Waals surface area contributed by atoms with Crippen LogP contribution in [0, 0.1) is 0 Å². The Morgan fingerprint density at radius 1 is 1.20 bits per heavy atom. The number of nitrogens with one attached hydrogen (secondary N) is 1. The maximum Gasteiger partial charge on any atom is 0.245 e. The summed E-state index contributed by atoms with van der Waals surface area (Å²) in [5, 5.41) is 6.21. The molecule has 4 rings (SSSR count). The molecule has 0 unspecified atom stereocenters. The molecule has 0 radical (unpaired) electrons. The molecule has 0 bridgehead atoms. The van der Waals surface area contributed by atoms with E-state index >= 15 is 0 Å². The molecular weight excluding hydrogens is 425 g/mol. The lowest BCUT2D eigenvalue weighted by atomic mass is 10.2. The zero-order chi connectivity index (χ0) is 21.1. The zero-order valence-corrected chi connectivity index (χ0v) is 17.9. The lowest BCUT2D eigenvalue weighted by Crippen LogP contribution is -2.33. The highest BCUT2D eigenvalue weighted by molar-refractivity contribution is 6.42. The predicted molar refractivity (Wildman–Crippen MR) is 118 cm³/mol. The number of carbonyl (C=O) groups is 1. The molecule has 3 aromatic rings. The third-order valence-corrected chi connectivity index (χ3v) is 5.67. The molecular formula is C22H21Cl2N3O3. The summed E-state index contributed by atoms with van der Waals surface area (Å²) >= 11 is 12.2. The second-order valence-electron chi connectivity index (χ2n) is 7.28. The van der Waals surface area contributed by atoms with Gasteiger partial charge in [0, 0.05) is 29.2 Å². The lowest BCUT2D eigenvalue weighted by Gasteiger charge is -2.20. The van der Waals surface area contributed by atoms with E-state index in [9.17, 15) is 4.79 Å². The number of fused-ring (bicyclic) bond motifs is 1. The van der Waals surface area contributed by atoms with Crippen LogP contribution < -0.4 is 5.43 Å². The number of para-hydroxylation sites is 1. The second kappa shape index (κ2) is 8.78. The van der Waals surface area contributed by atoms with E-state index in [2.05, 4.69) is 15.1 Å². The van der Waals surface area contributed by atoms with Crippen LogP contribution in [0.1, 0.15) is 24.5 Å². The molecule has 1 saturated heterocycles. The molecule has 1 N–H and O–H groups in total. The number of halogens is 2. The first-order valence-corrected chi connectivity index (χ1v) is 10.3. The molecule has 6 nitrogen and oxygen atoms in total.